The van der Waals surface area contributed by atoms with E-state index in [0.29, 0.717) is 6.04 Å². The lowest BCUT2D eigenvalue weighted by Crippen LogP contribution is -2.52. The van der Waals surface area contributed by atoms with Crippen LogP contribution in [-0.2, 0) is 6.42 Å². The Morgan fingerprint density at radius 1 is 1.21 bits per heavy atom. The SMILES string of the molecule is C1=CN=C(NC2CCNCC2)N(CC2CCc3ccccc3O2)C1. The van der Waals surface area contributed by atoms with E-state index in [1.807, 2.05) is 6.20 Å². The molecule has 5 nitrogen and oxygen atoms in total. The highest BCUT2D eigenvalue weighted by Gasteiger charge is 2.25. The molecule has 0 spiro atoms. The Labute approximate surface area is 143 Å². The lowest BCUT2D eigenvalue weighted by Gasteiger charge is -2.35. The van der Waals surface area contributed by atoms with E-state index in [0.717, 1.165) is 63.6 Å². The van der Waals surface area contributed by atoms with Crippen molar-refractivity contribution in [1.82, 2.24) is 15.5 Å². The van der Waals surface area contributed by atoms with Gasteiger partial charge in [0, 0.05) is 18.8 Å². The van der Waals surface area contributed by atoms with Gasteiger partial charge < -0.3 is 20.3 Å². The zero-order valence-electron chi connectivity index (χ0n) is 14.1. The number of ether oxygens (including phenoxy) is 1. The summed E-state index contributed by atoms with van der Waals surface area (Å²) in [6, 6.07) is 8.91. The minimum Gasteiger partial charge on any atom is -0.488 e. The van der Waals surface area contributed by atoms with Gasteiger partial charge >= 0.3 is 0 Å². The third-order valence-corrected chi connectivity index (χ3v) is 5.03. The fourth-order valence-electron chi connectivity index (χ4n) is 3.66. The Kier molecular flexibility index (Phi) is 4.69. The molecule has 5 heteroatoms. The Hall–Kier alpha value is -2.01. The maximum Gasteiger partial charge on any atom is 0.199 e. The van der Waals surface area contributed by atoms with Crippen molar-refractivity contribution >= 4 is 5.96 Å². The fourth-order valence-corrected chi connectivity index (χ4v) is 3.66. The van der Waals surface area contributed by atoms with Gasteiger partial charge in [0.25, 0.3) is 0 Å². The molecule has 0 saturated carbocycles. The van der Waals surface area contributed by atoms with Crippen LogP contribution in [-0.4, -0.2) is 49.2 Å². The minimum absolute atomic E-state index is 0.228. The van der Waals surface area contributed by atoms with Crippen molar-refractivity contribution in [2.45, 2.75) is 37.8 Å². The van der Waals surface area contributed by atoms with Crippen LogP contribution in [0.3, 0.4) is 0 Å². The minimum atomic E-state index is 0.228. The van der Waals surface area contributed by atoms with Crippen molar-refractivity contribution < 1.29 is 4.74 Å². The van der Waals surface area contributed by atoms with Gasteiger partial charge in [-0.1, -0.05) is 18.2 Å². The summed E-state index contributed by atoms with van der Waals surface area (Å²) >= 11 is 0. The van der Waals surface area contributed by atoms with Crippen LogP contribution in [0.2, 0.25) is 0 Å². The van der Waals surface area contributed by atoms with Crippen molar-refractivity contribution in [3.8, 4) is 5.75 Å². The molecule has 1 fully saturated rings. The quantitative estimate of drug-likeness (QED) is 0.891. The molecule has 2 N–H and O–H groups in total. The molecule has 4 rings (SSSR count). The first-order valence-electron chi connectivity index (χ1n) is 9.08. The number of nitrogens with one attached hydrogen (secondary N) is 2. The highest BCUT2D eigenvalue weighted by Crippen LogP contribution is 2.27. The second-order valence-corrected chi connectivity index (χ2v) is 6.80. The van der Waals surface area contributed by atoms with Crippen molar-refractivity contribution in [2.75, 3.05) is 26.2 Å². The van der Waals surface area contributed by atoms with E-state index in [4.69, 9.17) is 4.74 Å². The van der Waals surface area contributed by atoms with E-state index in [1.165, 1.54) is 5.56 Å². The molecular formula is C19H26N4O. The number of nitrogens with zero attached hydrogens (tertiary/aromatic N) is 2. The molecule has 128 valence electrons. The number of guanidine groups is 1. The second kappa shape index (κ2) is 7.26. The van der Waals surface area contributed by atoms with Crippen LogP contribution in [0, 0.1) is 0 Å². The molecule has 1 unspecified atom stereocenters. The largest absolute Gasteiger partial charge is 0.488 e. The smallest absolute Gasteiger partial charge is 0.199 e. The predicted molar refractivity (Wildman–Crippen MR) is 96.4 cm³/mol. The maximum atomic E-state index is 6.21. The van der Waals surface area contributed by atoms with Crippen LogP contribution in [0.4, 0.5) is 0 Å². The van der Waals surface area contributed by atoms with E-state index >= 15 is 0 Å². The topological polar surface area (TPSA) is 48.9 Å². The van der Waals surface area contributed by atoms with E-state index in [1.54, 1.807) is 0 Å². The van der Waals surface area contributed by atoms with Gasteiger partial charge in [0.15, 0.2) is 5.96 Å². The molecule has 0 aromatic heterocycles. The van der Waals surface area contributed by atoms with E-state index in [9.17, 15) is 0 Å². The van der Waals surface area contributed by atoms with Crippen LogP contribution in [0.25, 0.3) is 0 Å². The molecule has 0 bridgehead atoms. The first kappa shape index (κ1) is 15.5. The van der Waals surface area contributed by atoms with Gasteiger partial charge in [0.05, 0.1) is 6.54 Å². The predicted octanol–water partition coefficient (Wildman–Crippen LogP) is 1.91. The number of fused-ring (bicyclic) bond motifs is 1. The summed E-state index contributed by atoms with van der Waals surface area (Å²) in [6.45, 7) is 3.96. The molecular weight excluding hydrogens is 300 g/mol. The lowest BCUT2D eigenvalue weighted by atomic mass is 10.0. The maximum absolute atomic E-state index is 6.21. The van der Waals surface area contributed by atoms with Crippen LogP contribution >= 0.6 is 0 Å². The van der Waals surface area contributed by atoms with Gasteiger partial charge in [-0.05, 0) is 56.5 Å². The molecule has 3 heterocycles. The van der Waals surface area contributed by atoms with Gasteiger partial charge in [-0.2, -0.15) is 0 Å². The standard InChI is InChI=1S/C19H26N4O/c1-2-5-18-15(4-1)6-7-17(24-18)14-23-13-3-10-21-19(23)22-16-8-11-20-12-9-16/h1-5,10,16-17,20H,6-9,11-14H2,(H,21,22). The molecule has 3 aliphatic rings. The summed E-state index contributed by atoms with van der Waals surface area (Å²) in [5.74, 6) is 2.05. The molecule has 0 aliphatic carbocycles. The number of hydrogen-bond acceptors (Lipinski definition) is 5. The summed E-state index contributed by atoms with van der Waals surface area (Å²) in [4.78, 5) is 6.91. The van der Waals surface area contributed by atoms with Gasteiger partial charge in [0.2, 0.25) is 0 Å². The first-order chi connectivity index (χ1) is 11.9. The number of hydrogen-bond donors (Lipinski definition) is 2. The summed E-state index contributed by atoms with van der Waals surface area (Å²) in [5.41, 5.74) is 1.33. The Morgan fingerprint density at radius 3 is 3.00 bits per heavy atom. The van der Waals surface area contributed by atoms with Gasteiger partial charge in [-0.15, -0.1) is 0 Å². The lowest BCUT2D eigenvalue weighted by molar-refractivity contribution is 0.144. The van der Waals surface area contributed by atoms with Crippen LogP contribution in [0.1, 0.15) is 24.8 Å². The number of rotatable bonds is 3. The van der Waals surface area contributed by atoms with E-state index in [2.05, 4.69) is 50.9 Å². The van der Waals surface area contributed by atoms with Crippen LogP contribution in [0.15, 0.2) is 41.5 Å². The molecule has 1 atom stereocenters. The monoisotopic (exact) mass is 326 g/mol. The fraction of sp³-hybridized carbons (Fsp3) is 0.526. The number of para-hydroxylation sites is 1. The molecule has 24 heavy (non-hydrogen) atoms. The summed E-state index contributed by atoms with van der Waals surface area (Å²) in [7, 11) is 0. The zero-order valence-corrected chi connectivity index (χ0v) is 14.1. The van der Waals surface area contributed by atoms with E-state index in [-0.39, 0.29) is 6.10 Å². The average molecular weight is 326 g/mol. The molecule has 0 radical (unpaired) electrons. The molecule has 1 saturated heterocycles. The first-order valence-corrected chi connectivity index (χ1v) is 9.08. The summed E-state index contributed by atoms with van der Waals surface area (Å²) in [6.07, 6.45) is 8.73. The van der Waals surface area contributed by atoms with Crippen molar-refractivity contribution in [1.29, 1.82) is 0 Å². The van der Waals surface area contributed by atoms with Crippen molar-refractivity contribution in [3.63, 3.8) is 0 Å². The summed E-state index contributed by atoms with van der Waals surface area (Å²) < 4.78 is 6.21. The van der Waals surface area contributed by atoms with Gasteiger partial charge in [-0.25, -0.2) is 4.99 Å². The third-order valence-electron chi connectivity index (χ3n) is 5.03. The molecule has 1 aromatic carbocycles. The van der Waals surface area contributed by atoms with Gasteiger partial charge in [-0.3, -0.25) is 0 Å². The van der Waals surface area contributed by atoms with Gasteiger partial charge in [0.1, 0.15) is 11.9 Å². The second-order valence-electron chi connectivity index (χ2n) is 6.80. The number of aryl methyl sites for hydroxylation is 1. The van der Waals surface area contributed by atoms with Crippen LogP contribution in [0.5, 0.6) is 5.75 Å². The molecule has 0 amide bonds. The normalized spacial score (nSPS) is 24.1. The van der Waals surface area contributed by atoms with Crippen molar-refractivity contribution in [3.05, 3.63) is 42.1 Å². The Morgan fingerprint density at radius 2 is 2.08 bits per heavy atom. The third kappa shape index (κ3) is 3.56. The highest BCUT2D eigenvalue weighted by molar-refractivity contribution is 5.81. The van der Waals surface area contributed by atoms with Crippen molar-refractivity contribution in [2.24, 2.45) is 4.99 Å². The zero-order chi connectivity index (χ0) is 16.2. The average Bonchev–Trinajstić information content (AvgIpc) is 2.64. The Bertz CT molecular complexity index is 622. The summed E-state index contributed by atoms with van der Waals surface area (Å²) in [5, 5.41) is 7.06. The highest BCUT2D eigenvalue weighted by atomic mass is 16.5. The van der Waals surface area contributed by atoms with Crippen LogP contribution < -0.4 is 15.4 Å². The number of piperidine rings is 1. The number of benzene rings is 1. The molecule has 3 aliphatic heterocycles. The van der Waals surface area contributed by atoms with E-state index < -0.39 is 0 Å². The number of aliphatic imine (C=N–C) groups is 1. The Balaban J connectivity index is 1.38. The molecule has 1 aromatic rings.